The number of hydrogen-bond acceptors (Lipinski definition) is 5. The topological polar surface area (TPSA) is 87.2 Å². The van der Waals surface area contributed by atoms with Crippen molar-refractivity contribution in [3.63, 3.8) is 0 Å². The first-order chi connectivity index (χ1) is 14.0. The van der Waals surface area contributed by atoms with Crippen LogP contribution in [-0.2, 0) is 4.74 Å². The third-order valence-electron chi connectivity index (χ3n) is 5.04. The van der Waals surface area contributed by atoms with Gasteiger partial charge < -0.3 is 25.4 Å². The third kappa shape index (κ3) is 7.55. The molecule has 1 fully saturated rings. The van der Waals surface area contributed by atoms with Crippen molar-refractivity contribution in [3.05, 3.63) is 29.8 Å². The number of morpholine rings is 1. The van der Waals surface area contributed by atoms with Crippen LogP contribution in [0.4, 0.5) is 0 Å². The van der Waals surface area contributed by atoms with E-state index < -0.39 is 0 Å². The molecule has 1 heterocycles. The van der Waals surface area contributed by atoms with Crippen LogP contribution in [0.2, 0.25) is 0 Å². The Bertz CT molecular complexity index is 642. The number of ether oxygens (including phenoxy) is 2. The number of carbonyl (C=O) groups is 1. The second-order valence-electron chi connectivity index (χ2n) is 7.32. The zero-order valence-electron chi connectivity index (χ0n) is 18.0. The normalized spacial score (nSPS) is 16.4. The summed E-state index contributed by atoms with van der Waals surface area (Å²) in [7, 11) is 3.36. The second-order valence-corrected chi connectivity index (χ2v) is 7.32. The van der Waals surface area contributed by atoms with Crippen molar-refractivity contribution >= 4 is 11.9 Å². The molecule has 2 rings (SSSR count). The van der Waals surface area contributed by atoms with Crippen LogP contribution in [0.5, 0.6) is 5.75 Å². The molecule has 8 heteroatoms. The van der Waals surface area contributed by atoms with Gasteiger partial charge in [-0.1, -0.05) is 13.8 Å². The summed E-state index contributed by atoms with van der Waals surface area (Å²) in [6, 6.07) is 7.48. The predicted octanol–water partition coefficient (Wildman–Crippen LogP) is 0.947. The number of carbonyl (C=O) groups excluding carboxylic acids is 1. The van der Waals surface area contributed by atoms with Gasteiger partial charge in [0.2, 0.25) is 0 Å². The minimum absolute atomic E-state index is 0.107. The Morgan fingerprint density at radius 2 is 1.79 bits per heavy atom. The molecule has 162 valence electrons. The molecule has 29 heavy (non-hydrogen) atoms. The number of hydrogen-bond donors (Lipinski definition) is 3. The van der Waals surface area contributed by atoms with Gasteiger partial charge in [-0.2, -0.15) is 0 Å². The Balaban J connectivity index is 1.71. The summed E-state index contributed by atoms with van der Waals surface area (Å²) in [6.45, 7) is 9.92. The summed E-state index contributed by atoms with van der Waals surface area (Å²) in [4.78, 5) is 18.9. The van der Waals surface area contributed by atoms with Crippen LogP contribution >= 0.6 is 0 Å². The van der Waals surface area contributed by atoms with E-state index in [1.807, 2.05) is 0 Å². The van der Waals surface area contributed by atoms with E-state index >= 15 is 0 Å². The first-order valence-corrected chi connectivity index (χ1v) is 10.2. The number of aliphatic imine (C=N–C) groups is 1. The molecule has 1 aliphatic heterocycles. The first kappa shape index (κ1) is 23.0. The number of rotatable bonds is 9. The lowest BCUT2D eigenvalue weighted by atomic mass is 10.0. The average molecular weight is 406 g/mol. The molecule has 1 atom stereocenters. The first-order valence-electron chi connectivity index (χ1n) is 10.2. The SMILES string of the molecule is CN=C(NCCNC(=O)c1ccc(OC)cc1)NCC(C(C)C)N1CCOCC1. The quantitative estimate of drug-likeness (QED) is 0.322. The standard InChI is InChI=1S/C21H35N5O3/c1-16(2)19(26-11-13-29-14-12-26)15-25-21(22-3)24-10-9-23-20(27)17-5-7-18(28-4)8-6-17/h5-8,16,19H,9-15H2,1-4H3,(H,23,27)(H2,22,24,25). The van der Waals surface area contributed by atoms with Gasteiger partial charge in [0.05, 0.1) is 20.3 Å². The van der Waals surface area contributed by atoms with Crippen LogP contribution < -0.4 is 20.7 Å². The molecule has 8 nitrogen and oxygen atoms in total. The summed E-state index contributed by atoms with van der Waals surface area (Å²) in [5.74, 6) is 1.89. The van der Waals surface area contributed by atoms with Crippen molar-refractivity contribution in [3.8, 4) is 5.75 Å². The molecular formula is C21H35N5O3. The highest BCUT2D eigenvalue weighted by Gasteiger charge is 2.23. The fourth-order valence-corrected chi connectivity index (χ4v) is 3.32. The molecule has 0 spiro atoms. The van der Waals surface area contributed by atoms with E-state index in [0.717, 1.165) is 44.6 Å². The Kier molecular flexibility index (Phi) is 9.73. The van der Waals surface area contributed by atoms with E-state index in [1.165, 1.54) is 0 Å². The number of benzene rings is 1. The van der Waals surface area contributed by atoms with Gasteiger partial charge in [0.1, 0.15) is 5.75 Å². The summed E-state index contributed by atoms with van der Waals surface area (Å²) in [5.41, 5.74) is 0.610. The Morgan fingerprint density at radius 1 is 1.14 bits per heavy atom. The predicted molar refractivity (Wildman–Crippen MR) is 116 cm³/mol. The summed E-state index contributed by atoms with van der Waals surface area (Å²) >= 11 is 0. The summed E-state index contributed by atoms with van der Waals surface area (Å²) in [6.07, 6.45) is 0. The largest absolute Gasteiger partial charge is 0.497 e. The lowest BCUT2D eigenvalue weighted by Crippen LogP contribution is -2.53. The highest BCUT2D eigenvalue weighted by atomic mass is 16.5. The van der Waals surface area contributed by atoms with Crippen LogP contribution in [-0.4, -0.2) is 82.9 Å². The van der Waals surface area contributed by atoms with Gasteiger partial charge >= 0.3 is 0 Å². The van der Waals surface area contributed by atoms with Crippen molar-refractivity contribution in [2.45, 2.75) is 19.9 Å². The van der Waals surface area contributed by atoms with E-state index in [9.17, 15) is 4.79 Å². The monoisotopic (exact) mass is 405 g/mol. The number of guanidine groups is 1. The smallest absolute Gasteiger partial charge is 0.251 e. The van der Waals surface area contributed by atoms with Gasteiger partial charge in [-0.3, -0.25) is 14.7 Å². The molecule has 0 aromatic heterocycles. The molecule has 1 aliphatic rings. The van der Waals surface area contributed by atoms with Crippen molar-refractivity contribution in [1.29, 1.82) is 0 Å². The van der Waals surface area contributed by atoms with Gasteiger partial charge in [0, 0.05) is 51.4 Å². The lowest BCUT2D eigenvalue weighted by Gasteiger charge is -2.37. The maximum atomic E-state index is 12.2. The Labute approximate surface area is 174 Å². The van der Waals surface area contributed by atoms with Gasteiger partial charge in [-0.15, -0.1) is 0 Å². The van der Waals surface area contributed by atoms with E-state index in [4.69, 9.17) is 9.47 Å². The highest BCUT2D eigenvalue weighted by Crippen LogP contribution is 2.12. The van der Waals surface area contributed by atoms with Crippen molar-refractivity contribution in [2.24, 2.45) is 10.9 Å². The Hall–Kier alpha value is -2.32. The molecule has 0 radical (unpaired) electrons. The Morgan fingerprint density at radius 3 is 2.38 bits per heavy atom. The van der Waals surface area contributed by atoms with Gasteiger partial charge in [0.15, 0.2) is 5.96 Å². The third-order valence-corrected chi connectivity index (χ3v) is 5.04. The zero-order chi connectivity index (χ0) is 21.1. The summed E-state index contributed by atoms with van der Waals surface area (Å²) < 4.78 is 10.6. The molecule has 1 amide bonds. The van der Waals surface area contributed by atoms with Gasteiger partial charge in [0.25, 0.3) is 5.91 Å². The van der Waals surface area contributed by atoms with Crippen LogP contribution in [0.3, 0.4) is 0 Å². The average Bonchev–Trinajstić information content (AvgIpc) is 2.75. The summed E-state index contributed by atoms with van der Waals surface area (Å²) in [5, 5.41) is 9.57. The maximum Gasteiger partial charge on any atom is 0.251 e. The van der Waals surface area contributed by atoms with Gasteiger partial charge in [-0.25, -0.2) is 0 Å². The van der Waals surface area contributed by atoms with Gasteiger partial charge in [-0.05, 0) is 30.2 Å². The van der Waals surface area contributed by atoms with Crippen LogP contribution in [0.25, 0.3) is 0 Å². The number of methoxy groups -OCH3 is 1. The molecular weight excluding hydrogens is 370 g/mol. The van der Waals surface area contributed by atoms with Crippen molar-refractivity contribution in [2.75, 3.05) is 60.1 Å². The number of nitrogens with one attached hydrogen (secondary N) is 3. The molecule has 1 aromatic rings. The van der Waals surface area contributed by atoms with Crippen LogP contribution in [0, 0.1) is 5.92 Å². The maximum absolute atomic E-state index is 12.2. The number of nitrogens with zero attached hydrogens (tertiary/aromatic N) is 2. The molecule has 0 aliphatic carbocycles. The van der Waals surface area contributed by atoms with E-state index in [1.54, 1.807) is 38.4 Å². The molecule has 3 N–H and O–H groups in total. The van der Waals surface area contributed by atoms with Crippen molar-refractivity contribution < 1.29 is 14.3 Å². The molecule has 1 saturated heterocycles. The van der Waals surface area contributed by atoms with E-state index in [0.29, 0.717) is 30.6 Å². The molecule has 1 unspecified atom stereocenters. The minimum atomic E-state index is -0.107. The van der Waals surface area contributed by atoms with Crippen LogP contribution in [0.15, 0.2) is 29.3 Å². The highest BCUT2D eigenvalue weighted by molar-refractivity contribution is 5.94. The lowest BCUT2D eigenvalue weighted by molar-refractivity contribution is 0.00752. The molecule has 0 bridgehead atoms. The van der Waals surface area contributed by atoms with E-state index in [2.05, 4.69) is 39.7 Å². The minimum Gasteiger partial charge on any atom is -0.497 e. The number of amides is 1. The fourth-order valence-electron chi connectivity index (χ4n) is 3.32. The molecule has 0 saturated carbocycles. The van der Waals surface area contributed by atoms with Crippen molar-refractivity contribution in [1.82, 2.24) is 20.9 Å². The van der Waals surface area contributed by atoms with E-state index in [-0.39, 0.29) is 5.91 Å². The second kappa shape index (κ2) is 12.3. The zero-order valence-corrected chi connectivity index (χ0v) is 18.0. The molecule has 1 aromatic carbocycles. The fraction of sp³-hybridized carbons (Fsp3) is 0.619. The van der Waals surface area contributed by atoms with Crippen LogP contribution in [0.1, 0.15) is 24.2 Å².